The first-order valence-electron chi connectivity index (χ1n) is 4.48. The van der Waals surface area contributed by atoms with E-state index in [0.717, 1.165) is 0 Å². The molecule has 82 valence electrons. The van der Waals surface area contributed by atoms with Gasteiger partial charge in [0.2, 0.25) is 17.4 Å². The molecule has 0 atom stereocenters. The Balaban J connectivity index is 2.69. The number of anilines is 1. The lowest BCUT2D eigenvalue weighted by Gasteiger charge is -1.99. The maximum absolute atomic E-state index is 11.0. The fourth-order valence-electron chi connectivity index (χ4n) is 1.38. The van der Waals surface area contributed by atoms with Crippen molar-refractivity contribution >= 4 is 28.7 Å². The second-order valence-electron chi connectivity index (χ2n) is 3.15. The van der Waals surface area contributed by atoms with E-state index in [1.807, 2.05) is 0 Å². The molecule has 1 amide bonds. The summed E-state index contributed by atoms with van der Waals surface area (Å²) < 4.78 is 5.04. The third kappa shape index (κ3) is 1.60. The monoisotopic (exact) mass is 220 g/mol. The Morgan fingerprint density at radius 3 is 2.88 bits per heavy atom. The topological polar surface area (TPSA) is 92.4 Å². The molecular weight excluding hydrogens is 212 g/mol. The highest BCUT2D eigenvalue weighted by Crippen LogP contribution is 2.29. The Morgan fingerprint density at radius 2 is 2.25 bits per heavy atom. The molecule has 6 heteroatoms. The Morgan fingerprint density at radius 1 is 1.50 bits per heavy atom. The van der Waals surface area contributed by atoms with Crippen molar-refractivity contribution in [2.75, 3.05) is 5.32 Å². The van der Waals surface area contributed by atoms with Gasteiger partial charge in [0.15, 0.2) is 0 Å². The quantitative estimate of drug-likeness (QED) is 0.799. The average Bonchev–Trinajstić information content (AvgIpc) is 2.57. The van der Waals surface area contributed by atoms with Crippen molar-refractivity contribution in [2.45, 2.75) is 6.92 Å². The number of aromatic carboxylic acids is 1. The number of carbonyl (C=O) groups is 2. The van der Waals surface area contributed by atoms with Gasteiger partial charge in [-0.1, -0.05) is 0 Å². The zero-order valence-corrected chi connectivity index (χ0v) is 8.35. The minimum Gasteiger partial charge on any atom is -0.475 e. The van der Waals surface area contributed by atoms with Gasteiger partial charge in [-0.05, 0) is 12.1 Å². The number of aromatic nitrogens is 1. The molecular formula is C10H8N2O4. The molecule has 0 unspecified atom stereocenters. The Hall–Kier alpha value is -2.37. The maximum atomic E-state index is 11.0. The van der Waals surface area contributed by atoms with Crippen molar-refractivity contribution in [2.24, 2.45) is 0 Å². The lowest BCUT2D eigenvalue weighted by atomic mass is 10.2. The van der Waals surface area contributed by atoms with Gasteiger partial charge in [-0.25, -0.2) is 9.78 Å². The summed E-state index contributed by atoms with van der Waals surface area (Å²) >= 11 is 0. The summed E-state index contributed by atoms with van der Waals surface area (Å²) in [4.78, 5) is 25.7. The SMILES string of the molecule is CC(=O)Nc1c(C(=O)O)oc2ncccc12. The number of amides is 1. The number of carbonyl (C=O) groups excluding carboxylic acids is 1. The zero-order valence-electron chi connectivity index (χ0n) is 8.35. The lowest BCUT2D eigenvalue weighted by molar-refractivity contribution is -0.114. The van der Waals surface area contributed by atoms with Gasteiger partial charge in [0.25, 0.3) is 0 Å². The van der Waals surface area contributed by atoms with E-state index in [4.69, 9.17) is 9.52 Å². The van der Waals surface area contributed by atoms with Crippen LogP contribution in [0.25, 0.3) is 11.1 Å². The van der Waals surface area contributed by atoms with Crippen LogP contribution in [0.4, 0.5) is 5.69 Å². The van der Waals surface area contributed by atoms with Gasteiger partial charge in [-0.2, -0.15) is 0 Å². The summed E-state index contributed by atoms with van der Waals surface area (Å²) in [5, 5.41) is 11.8. The van der Waals surface area contributed by atoms with Gasteiger partial charge in [-0.15, -0.1) is 0 Å². The van der Waals surface area contributed by atoms with E-state index in [2.05, 4.69) is 10.3 Å². The first-order chi connectivity index (χ1) is 7.59. The minimum atomic E-state index is -1.25. The molecule has 0 aliphatic rings. The molecule has 2 rings (SSSR count). The number of rotatable bonds is 2. The van der Waals surface area contributed by atoms with Crippen LogP contribution in [0.15, 0.2) is 22.7 Å². The fourth-order valence-corrected chi connectivity index (χ4v) is 1.38. The second-order valence-corrected chi connectivity index (χ2v) is 3.15. The van der Waals surface area contributed by atoms with E-state index < -0.39 is 5.97 Å². The van der Waals surface area contributed by atoms with Crippen LogP contribution in [0.5, 0.6) is 0 Å². The molecule has 6 nitrogen and oxygen atoms in total. The Labute approximate surface area is 89.9 Å². The van der Waals surface area contributed by atoms with E-state index in [0.29, 0.717) is 5.39 Å². The van der Waals surface area contributed by atoms with E-state index in [1.54, 1.807) is 12.1 Å². The highest BCUT2D eigenvalue weighted by atomic mass is 16.4. The van der Waals surface area contributed by atoms with Crippen LogP contribution in [0, 0.1) is 0 Å². The molecule has 0 bridgehead atoms. The number of furan rings is 1. The largest absolute Gasteiger partial charge is 0.475 e. The number of pyridine rings is 1. The highest BCUT2D eigenvalue weighted by Gasteiger charge is 2.21. The average molecular weight is 220 g/mol. The van der Waals surface area contributed by atoms with Crippen molar-refractivity contribution < 1.29 is 19.1 Å². The number of nitrogens with zero attached hydrogens (tertiary/aromatic N) is 1. The smallest absolute Gasteiger partial charge is 0.374 e. The normalized spacial score (nSPS) is 10.3. The molecule has 2 aromatic rings. The van der Waals surface area contributed by atoms with Gasteiger partial charge in [0.05, 0.1) is 5.39 Å². The molecule has 0 saturated carbocycles. The molecule has 0 aromatic carbocycles. The second kappa shape index (κ2) is 3.65. The van der Waals surface area contributed by atoms with Crippen LogP contribution in [-0.2, 0) is 4.79 Å². The van der Waals surface area contributed by atoms with E-state index in [-0.39, 0.29) is 23.1 Å². The predicted molar refractivity (Wildman–Crippen MR) is 55.3 cm³/mol. The Kier molecular flexibility index (Phi) is 2.32. The number of carboxylic acids is 1. The summed E-state index contributed by atoms with van der Waals surface area (Å²) in [7, 11) is 0. The van der Waals surface area contributed by atoms with E-state index in [9.17, 15) is 9.59 Å². The van der Waals surface area contributed by atoms with Crippen molar-refractivity contribution in [3.63, 3.8) is 0 Å². The summed E-state index contributed by atoms with van der Waals surface area (Å²) in [6.07, 6.45) is 1.48. The molecule has 16 heavy (non-hydrogen) atoms. The van der Waals surface area contributed by atoms with Gasteiger partial charge in [-0.3, -0.25) is 4.79 Å². The minimum absolute atomic E-state index is 0.142. The van der Waals surface area contributed by atoms with Gasteiger partial charge < -0.3 is 14.8 Å². The molecule has 0 radical (unpaired) electrons. The van der Waals surface area contributed by atoms with Crippen molar-refractivity contribution in [3.8, 4) is 0 Å². The number of nitrogens with one attached hydrogen (secondary N) is 1. The van der Waals surface area contributed by atoms with Gasteiger partial charge in [0, 0.05) is 13.1 Å². The van der Waals surface area contributed by atoms with Crippen LogP contribution < -0.4 is 5.32 Å². The summed E-state index contributed by atoms with van der Waals surface area (Å²) in [5.41, 5.74) is 0.326. The van der Waals surface area contributed by atoms with Crippen LogP contribution >= 0.6 is 0 Å². The van der Waals surface area contributed by atoms with E-state index in [1.165, 1.54) is 13.1 Å². The van der Waals surface area contributed by atoms with Crippen LogP contribution in [0.2, 0.25) is 0 Å². The third-order valence-corrected chi connectivity index (χ3v) is 1.96. The number of fused-ring (bicyclic) bond motifs is 1. The standard InChI is InChI=1S/C10H8N2O4/c1-5(13)12-7-6-3-2-4-11-9(6)16-8(7)10(14)15/h2-4H,1H3,(H,12,13)(H,14,15). The van der Waals surface area contributed by atoms with Crippen LogP contribution in [0.3, 0.4) is 0 Å². The van der Waals surface area contributed by atoms with Gasteiger partial charge in [0.1, 0.15) is 5.69 Å². The summed E-state index contributed by atoms with van der Waals surface area (Å²) in [6, 6.07) is 3.26. The Bertz CT molecular complexity index is 573. The first-order valence-corrected chi connectivity index (χ1v) is 4.48. The van der Waals surface area contributed by atoms with Crippen molar-refractivity contribution in [1.29, 1.82) is 0 Å². The van der Waals surface area contributed by atoms with Gasteiger partial charge >= 0.3 is 5.97 Å². The molecule has 2 N–H and O–H groups in total. The first kappa shape index (κ1) is 10.2. The van der Waals surface area contributed by atoms with Crippen LogP contribution in [-0.4, -0.2) is 22.0 Å². The van der Waals surface area contributed by atoms with Crippen molar-refractivity contribution in [3.05, 3.63) is 24.1 Å². The highest BCUT2D eigenvalue weighted by molar-refractivity contribution is 6.07. The molecule has 0 aliphatic carbocycles. The summed E-state index contributed by atoms with van der Waals surface area (Å²) in [5.74, 6) is -1.93. The van der Waals surface area contributed by atoms with Crippen molar-refractivity contribution in [1.82, 2.24) is 4.98 Å². The molecule has 0 spiro atoms. The molecule has 0 aliphatic heterocycles. The molecule has 2 aromatic heterocycles. The fraction of sp³-hybridized carbons (Fsp3) is 0.100. The molecule has 0 saturated heterocycles. The predicted octanol–water partition coefficient (Wildman–Crippen LogP) is 1.48. The number of carboxylic acid groups (broad SMARTS) is 1. The number of hydrogen-bond acceptors (Lipinski definition) is 4. The lowest BCUT2D eigenvalue weighted by Crippen LogP contribution is -2.09. The number of hydrogen-bond donors (Lipinski definition) is 2. The third-order valence-electron chi connectivity index (χ3n) is 1.96. The van der Waals surface area contributed by atoms with E-state index >= 15 is 0 Å². The summed E-state index contributed by atoms with van der Waals surface area (Å²) in [6.45, 7) is 1.29. The molecule has 0 fully saturated rings. The zero-order chi connectivity index (χ0) is 11.7. The molecule has 2 heterocycles. The van der Waals surface area contributed by atoms with Crippen LogP contribution in [0.1, 0.15) is 17.5 Å². The maximum Gasteiger partial charge on any atom is 0.374 e.